The van der Waals surface area contributed by atoms with Crippen molar-refractivity contribution >= 4 is 16.4 Å². The second-order valence-corrected chi connectivity index (χ2v) is 8.48. The van der Waals surface area contributed by atoms with Gasteiger partial charge in [-0.25, -0.2) is 0 Å². The van der Waals surface area contributed by atoms with Crippen molar-refractivity contribution in [2.75, 3.05) is 20.3 Å². The number of hydrogen-bond acceptors (Lipinski definition) is 9. The lowest BCUT2D eigenvalue weighted by atomic mass is 9.93. The first-order valence-corrected chi connectivity index (χ1v) is 11.5. The van der Waals surface area contributed by atoms with Crippen LogP contribution >= 0.6 is 0 Å². The molecule has 1 aliphatic heterocycles. The van der Waals surface area contributed by atoms with Crippen LogP contribution in [0.4, 0.5) is 0 Å². The van der Waals surface area contributed by atoms with E-state index < -0.39 is 0 Å². The quantitative estimate of drug-likeness (QED) is 0.348. The third kappa shape index (κ3) is 4.22. The van der Waals surface area contributed by atoms with Gasteiger partial charge >= 0.3 is 0 Å². The van der Waals surface area contributed by atoms with E-state index in [1.54, 1.807) is 17.7 Å². The summed E-state index contributed by atoms with van der Waals surface area (Å²) in [7, 11) is 1.60. The molecule has 0 atom stereocenters. The molecule has 0 spiro atoms. The Morgan fingerprint density at radius 2 is 1.89 bits per heavy atom. The maximum absolute atomic E-state index is 6.17. The van der Waals surface area contributed by atoms with Gasteiger partial charge in [-0.05, 0) is 36.5 Å². The Morgan fingerprint density at radius 1 is 1.03 bits per heavy atom. The summed E-state index contributed by atoms with van der Waals surface area (Å²) in [4.78, 5) is 4.63. The number of rotatable bonds is 7. The molecule has 6 rings (SSSR count). The van der Waals surface area contributed by atoms with E-state index in [1.807, 2.05) is 36.5 Å². The van der Waals surface area contributed by atoms with E-state index in [9.17, 15) is 0 Å². The van der Waals surface area contributed by atoms with Gasteiger partial charge in [0.05, 0.1) is 5.69 Å². The summed E-state index contributed by atoms with van der Waals surface area (Å²) in [5.74, 6) is 2.02. The molecule has 10 nitrogen and oxygen atoms in total. The second kappa shape index (κ2) is 9.40. The monoisotopic (exact) mass is 472 g/mol. The van der Waals surface area contributed by atoms with Gasteiger partial charge in [-0.15, -0.1) is 15.3 Å². The van der Waals surface area contributed by atoms with Crippen LogP contribution in [0.15, 0.2) is 53.2 Å². The lowest BCUT2D eigenvalue weighted by Crippen LogP contribution is -2.14. The molecule has 10 heteroatoms. The van der Waals surface area contributed by atoms with Crippen molar-refractivity contribution in [3.05, 3.63) is 65.7 Å². The maximum atomic E-state index is 6.17. The Hall–Kier alpha value is -3.89. The molecule has 178 valence electrons. The molecule has 5 heterocycles. The normalized spacial score (nSPS) is 14.7. The maximum Gasteiger partial charge on any atom is 0.240 e. The third-order valence-electron chi connectivity index (χ3n) is 6.20. The van der Waals surface area contributed by atoms with Crippen molar-refractivity contribution in [1.29, 1.82) is 0 Å². The van der Waals surface area contributed by atoms with Crippen LogP contribution < -0.4 is 4.74 Å². The minimum absolute atomic E-state index is 0.288. The Kier molecular flexibility index (Phi) is 5.81. The summed E-state index contributed by atoms with van der Waals surface area (Å²) >= 11 is 0. The van der Waals surface area contributed by atoms with Gasteiger partial charge in [0.1, 0.15) is 13.2 Å². The Morgan fingerprint density at radius 3 is 2.69 bits per heavy atom. The summed E-state index contributed by atoms with van der Waals surface area (Å²) in [5.41, 5.74) is 3.20. The van der Waals surface area contributed by atoms with E-state index in [0.29, 0.717) is 41.3 Å². The molecule has 1 saturated heterocycles. The van der Waals surface area contributed by atoms with Crippen molar-refractivity contribution in [3.8, 4) is 17.4 Å². The minimum atomic E-state index is 0.288. The predicted octanol–water partition coefficient (Wildman–Crippen LogP) is 3.95. The lowest BCUT2D eigenvalue weighted by molar-refractivity contribution is 0.0852. The predicted molar refractivity (Wildman–Crippen MR) is 126 cm³/mol. The number of ether oxygens (including phenoxy) is 3. The highest BCUT2D eigenvalue weighted by molar-refractivity contribution is 5.96. The lowest BCUT2D eigenvalue weighted by Gasteiger charge is -2.22. The Bertz CT molecular complexity index is 1460. The summed E-state index contributed by atoms with van der Waals surface area (Å²) in [6.45, 7) is 2.22. The van der Waals surface area contributed by atoms with Gasteiger partial charge in [0, 0.05) is 43.4 Å². The number of hydrogen-bond donors (Lipinski definition) is 0. The van der Waals surface area contributed by atoms with Gasteiger partial charge in [0.15, 0.2) is 17.1 Å². The van der Waals surface area contributed by atoms with Gasteiger partial charge in [0.2, 0.25) is 11.7 Å². The highest BCUT2D eigenvalue weighted by Gasteiger charge is 2.19. The van der Waals surface area contributed by atoms with E-state index in [1.165, 1.54) is 5.56 Å². The standard InChI is InChI=1S/C25H24N6O4/c1-32-15-19-12-22(30-35-19)24-28-27-23-20-4-2-3-5-21(20)25(29-31(23)24)34-14-18-7-6-17(13-26-18)16-8-10-33-11-9-16/h2-7,12-13,16H,8-11,14-15H2,1H3. The zero-order valence-corrected chi connectivity index (χ0v) is 19.3. The SMILES string of the molecule is COCc1cc(-c2nnc3c4ccccc4c(OCc4ccc(C5CCOCC5)cn4)nn23)no1. The van der Waals surface area contributed by atoms with E-state index in [0.717, 1.165) is 42.5 Å². The van der Waals surface area contributed by atoms with Crippen molar-refractivity contribution in [2.45, 2.75) is 32.0 Å². The summed E-state index contributed by atoms with van der Waals surface area (Å²) in [5, 5.41) is 19.2. The van der Waals surface area contributed by atoms with E-state index >= 15 is 0 Å². The van der Waals surface area contributed by atoms with Crippen molar-refractivity contribution in [2.24, 2.45) is 0 Å². The first kappa shape index (κ1) is 21.6. The smallest absolute Gasteiger partial charge is 0.240 e. The average molecular weight is 473 g/mol. The van der Waals surface area contributed by atoms with Gasteiger partial charge in [0.25, 0.3) is 0 Å². The van der Waals surface area contributed by atoms with Gasteiger partial charge in [-0.3, -0.25) is 4.98 Å². The van der Waals surface area contributed by atoms with Crippen LogP contribution in [0.5, 0.6) is 5.88 Å². The summed E-state index contributed by atoms with van der Waals surface area (Å²) < 4.78 is 23.7. The zero-order chi connectivity index (χ0) is 23.6. The molecule has 4 aromatic heterocycles. The fourth-order valence-electron chi connectivity index (χ4n) is 4.38. The molecule has 0 aliphatic carbocycles. The first-order chi connectivity index (χ1) is 17.3. The highest BCUT2D eigenvalue weighted by Crippen LogP contribution is 2.30. The number of pyridine rings is 1. The van der Waals surface area contributed by atoms with Crippen molar-refractivity contribution in [1.82, 2.24) is 30.0 Å². The fourth-order valence-corrected chi connectivity index (χ4v) is 4.38. The van der Waals surface area contributed by atoms with E-state index in [2.05, 4.69) is 26.4 Å². The van der Waals surface area contributed by atoms with Crippen molar-refractivity contribution in [3.63, 3.8) is 0 Å². The highest BCUT2D eigenvalue weighted by atomic mass is 16.5. The molecule has 5 aromatic rings. The van der Waals surface area contributed by atoms with E-state index in [-0.39, 0.29) is 6.61 Å². The second-order valence-electron chi connectivity index (χ2n) is 8.48. The minimum Gasteiger partial charge on any atom is -0.470 e. The van der Waals surface area contributed by atoms with Crippen LogP contribution in [0.3, 0.4) is 0 Å². The molecule has 35 heavy (non-hydrogen) atoms. The number of aromatic nitrogens is 6. The molecule has 1 fully saturated rings. The van der Waals surface area contributed by atoms with Crippen LogP contribution in [-0.4, -0.2) is 50.3 Å². The number of methoxy groups -OCH3 is 1. The van der Waals surface area contributed by atoms with Gasteiger partial charge in [-0.1, -0.05) is 29.4 Å². The number of nitrogens with zero attached hydrogens (tertiary/aromatic N) is 6. The van der Waals surface area contributed by atoms with Crippen LogP contribution in [0.25, 0.3) is 27.9 Å². The van der Waals surface area contributed by atoms with E-state index in [4.69, 9.17) is 23.8 Å². The fraction of sp³-hybridized carbons (Fsp3) is 0.320. The molecule has 0 N–H and O–H groups in total. The zero-order valence-electron chi connectivity index (χ0n) is 19.3. The average Bonchev–Trinajstić information content (AvgIpc) is 3.55. The largest absolute Gasteiger partial charge is 0.470 e. The summed E-state index contributed by atoms with van der Waals surface area (Å²) in [6.07, 6.45) is 4.02. The Labute approximate surface area is 200 Å². The molecule has 0 bridgehead atoms. The molecule has 1 aromatic carbocycles. The third-order valence-corrected chi connectivity index (χ3v) is 6.20. The van der Waals surface area contributed by atoms with Crippen LogP contribution in [0.1, 0.15) is 35.8 Å². The molecular weight excluding hydrogens is 448 g/mol. The first-order valence-electron chi connectivity index (χ1n) is 11.5. The molecule has 0 saturated carbocycles. The van der Waals surface area contributed by atoms with Gasteiger partial charge in [-0.2, -0.15) is 4.52 Å². The number of fused-ring (bicyclic) bond motifs is 3. The van der Waals surface area contributed by atoms with Gasteiger partial charge < -0.3 is 18.7 Å². The Balaban J connectivity index is 1.30. The number of benzene rings is 1. The molecule has 0 unspecified atom stereocenters. The van der Waals surface area contributed by atoms with Crippen LogP contribution in [0.2, 0.25) is 0 Å². The molecule has 0 radical (unpaired) electrons. The molecule has 0 amide bonds. The van der Waals surface area contributed by atoms with Crippen LogP contribution in [-0.2, 0) is 22.7 Å². The topological polar surface area (TPSA) is 110 Å². The molecular formula is C25H24N6O4. The van der Waals surface area contributed by atoms with Crippen LogP contribution in [0, 0.1) is 0 Å². The molecule has 1 aliphatic rings. The van der Waals surface area contributed by atoms with Crippen molar-refractivity contribution < 1.29 is 18.7 Å². The summed E-state index contributed by atoms with van der Waals surface area (Å²) in [6, 6.07) is 13.7.